The lowest BCUT2D eigenvalue weighted by atomic mass is 10.2. The zero-order chi connectivity index (χ0) is 14.0. The van der Waals surface area contributed by atoms with E-state index >= 15 is 0 Å². The summed E-state index contributed by atoms with van der Waals surface area (Å²) in [6.07, 6.45) is 0. The van der Waals surface area contributed by atoms with Crippen LogP contribution in [-0.2, 0) is 10.1 Å². The lowest BCUT2D eigenvalue weighted by Gasteiger charge is -2.09. The topological polar surface area (TPSA) is 43.4 Å². The van der Waals surface area contributed by atoms with Crippen LogP contribution in [0, 0.1) is 6.92 Å². The smallest absolute Gasteiger partial charge is 0.339 e. The number of aryl methyl sites for hydroxylation is 1. The highest BCUT2D eigenvalue weighted by molar-refractivity contribution is 7.87. The van der Waals surface area contributed by atoms with E-state index in [1.54, 1.807) is 25.1 Å². The summed E-state index contributed by atoms with van der Waals surface area (Å²) in [4.78, 5) is 0.0364. The largest absolute Gasteiger partial charge is 0.377 e. The van der Waals surface area contributed by atoms with Crippen molar-refractivity contribution in [1.29, 1.82) is 0 Å². The van der Waals surface area contributed by atoms with E-state index in [1.807, 2.05) is 0 Å². The molecule has 2 rings (SSSR count). The van der Waals surface area contributed by atoms with Crippen molar-refractivity contribution >= 4 is 33.3 Å². The molecule has 0 bridgehead atoms. The third kappa shape index (κ3) is 3.21. The van der Waals surface area contributed by atoms with E-state index < -0.39 is 10.1 Å². The molecule has 0 aromatic heterocycles. The molecule has 0 aliphatic rings. The number of para-hydroxylation sites is 1. The molecule has 0 heterocycles. The maximum Gasteiger partial charge on any atom is 0.339 e. The van der Waals surface area contributed by atoms with E-state index in [9.17, 15) is 8.42 Å². The predicted octanol–water partition coefficient (Wildman–Crippen LogP) is 4.07. The minimum Gasteiger partial charge on any atom is -0.377 e. The first-order chi connectivity index (χ1) is 8.90. The molecule has 2 aromatic rings. The van der Waals surface area contributed by atoms with Crippen LogP contribution >= 0.6 is 23.2 Å². The SMILES string of the molecule is Cc1cc(S(=O)(=O)Oc2ccccc2Cl)ccc1Cl. The quantitative estimate of drug-likeness (QED) is 0.802. The molecule has 0 aliphatic carbocycles. The van der Waals surface area contributed by atoms with E-state index in [1.165, 1.54) is 24.3 Å². The van der Waals surface area contributed by atoms with E-state index in [4.69, 9.17) is 27.4 Å². The first-order valence-electron chi connectivity index (χ1n) is 5.35. The van der Waals surface area contributed by atoms with Gasteiger partial charge in [-0.25, -0.2) is 0 Å². The van der Waals surface area contributed by atoms with Crippen LogP contribution < -0.4 is 4.18 Å². The summed E-state index contributed by atoms with van der Waals surface area (Å²) in [6, 6.07) is 10.7. The van der Waals surface area contributed by atoms with Crippen LogP contribution in [0.15, 0.2) is 47.4 Å². The molecule has 0 saturated carbocycles. The van der Waals surface area contributed by atoms with Crippen LogP contribution in [0.25, 0.3) is 0 Å². The Kier molecular flexibility index (Phi) is 4.04. The van der Waals surface area contributed by atoms with E-state index in [2.05, 4.69) is 0 Å². The highest BCUT2D eigenvalue weighted by Crippen LogP contribution is 2.28. The summed E-state index contributed by atoms with van der Waals surface area (Å²) in [7, 11) is -3.92. The Labute approximate surface area is 121 Å². The second-order valence-electron chi connectivity index (χ2n) is 3.88. The van der Waals surface area contributed by atoms with Gasteiger partial charge in [-0.3, -0.25) is 0 Å². The Morgan fingerprint density at radius 1 is 1.00 bits per heavy atom. The zero-order valence-corrected chi connectivity index (χ0v) is 12.3. The van der Waals surface area contributed by atoms with Crippen LogP contribution in [0.4, 0.5) is 0 Å². The number of hydrogen-bond acceptors (Lipinski definition) is 3. The second kappa shape index (κ2) is 5.41. The highest BCUT2D eigenvalue weighted by atomic mass is 35.5. The molecular weight excluding hydrogens is 307 g/mol. The molecule has 2 aromatic carbocycles. The third-order valence-corrected chi connectivity index (χ3v) is 4.42. The van der Waals surface area contributed by atoms with Crippen molar-refractivity contribution in [1.82, 2.24) is 0 Å². The van der Waals surface area contributed by atoms with Crippen molar-refractivity contribution in [3.05, 3.63) is 58.1 Å². The number of halogens is 2. The van der Waals surface area contributed by atoms with Gasteiger partial charge in [-0.15, -0.1) is 0 Å². The van der Waals surface area contributed by atoms with Crippen molar-refractivity contribution in [3.63, 3.8) is 0 Å². The van der Waals surface area contributed by atoms with Crippen molar-refractivity contribution < 1.29 is 12.6 Å². The number of hydrogen-bond donors (Lipinski definition) is 0. The molecule has 0 amide bonds. The standard InChI is InChI=1S/C13H10Cl2O3S/c1-9-8-10(6-7-11(9)14)19(16,17)18-13-5-3-2-4-12(13)15/h2-8H,1H3. The van der Waals surface area contributed by atoms with Gasteiger partial charge >= 0.3 is 10.1 Å². The van der Waals surface area contributed by atoms with Gasteiger partial charge in [-0.1, -0.05) is 35.3 Å². The van der Waals surface area contributed by atoms with Gasteiger partial charge in [0.15, 0.2) is 5.75 Å². The molecule has 19 heavy (non-hydrogen) atoms. The van der Waals surface area contributed by atoms with Gasteiger partial charge in [-0.05, 0) is 42.8 Å². The van der Waals surface area contributed by atoms with Gasteiger partial charge in [0.05, 0.1) is 5.02 Å². The van der Waals surface area contributed by atoms with Gasteiger partial charge in [0.1, 0.15) is 4.90 Å². The molecular formula is C13H10Cl2O3S. The third-order valence-electron chi connectivity index (χ3n) is 2.45. The Bertz CT molecular complexity index is 712. The molecule has 100 valence electrons. The maximum absolute atomic E-state index is 12.1. The number of benzene rings is 2. The Morgan fingerprint density at radius 2 is 1.68 bits per heavy atom. The van der Waals surface area contributed by atoms with E-state index in [-0.39, 0.29) is 15.7 Å². The molecule has 6 heteroatoms. The summed E-state index contributed by atoms with van der Waals surface area (Å²) in [5, 5.41) is 0.730. The molecule has 0 saturated heterocycles. The minimum atomic E-state index is -3.92. The zero-order valence-electron chi connectivity index (χ0n) is 9.93. The fourth-order valence-electron chi connectivity index (χ4n) is 1.45. The Hall–Kier alpha value is -1.23. The summed E-state index contributed by atoms with van der Waals surface area (Å²) >= 11 is 11.7. The van der Waals surface area contributed by atoms with Crippen LogP contribution in [0.1, 0.15) is 5.56 Å². The van der Waals surface area contributed by atoms with Gasteiger partial charge in [0.25, 0.3) is 0 Å². The van der Waals surface area contributed by atoms with Crippen molar-refractivity contribution in [2.45, 2.75) is 11.8 Å². The molecule has 3 nitrogen and oxygen atoms in total. The van der Waals surface area contributed by atoms with Crippen LogP contribution in [0.3, 0.4) is 0 Å². The van der Waals surface area contributed by atoms with Crippen molar-refractivity contribution in [2.75, 3.05) is 0 Å². The normalized spacial score (nSPS) is 11.3. The lowest BCUT2D eigenvalue weighted by Crippen LogP contribution is -2.10. The maximum atomic E-state index is 12.1. The Morgan fingerprint density at radius 3 is 2.32 bits per heavy atom. The minimum absolute atomic E-state index is 0.0364. The molecule has 0 radical (unpaired) electrons. The highest BCUT2D eigenvalue weighted by Gasteiger charge is 2.18. The molecule has 0 N–H and O–H groups in total. The number of rotatable bonds is 3. The van der Waals surface area contributed by atoms with Crippen molar-refractivity contribution in [3.8, 4) is 5.75 Å². The average Bonchev–Trinajstić information content (AvgIpc) is 2.35. The molecule has 0 aliphatic heterocycles. The monoisotopic (exact) mass is 316 g/mol. The van der Waals surface area contributed by atoms with Gasteiger partial charge in [0, 0.05) is 5.02 Å². The summed E-state index contributed by atoms with van der Waals surface area (Å²) in [6.45, 7) is 1.72. The fraction of sp³-hybridized carbons (Fsp3) is 0.0769. The first-order valence-corrected chi connectivity index (χ1v) is 7.52. The van der Waals surface area contributed by atoms with E-state index in [0.717, 1.165) is 0 Å². The van der Waals surface area contributed by atoms with Gasteiger partial charge in [-0.2, -0.15) is 8.42 Å². The lowest BCUT2D eigenvalue weighted by molar-refractivity contribution is 0.486. The summed E-state index contributed by atoms with van der Waals surface area (Å²) in [5.41, 5.74) is 0.658. The molecule has 0 unspecified atom stereocenters. The van der Waals surface area contributed by atoms with Gasteiger partial charge < -0.3 is 4.18 Å². The first kappa shape index (κ1) is 14.2. The summed E-state index contributed by atoms with van der Waals surface area (Å²) in [5.74, 6) is 0.0942. The summed E-state index contributed by atoms with van der Waals surface area (Å²) < 4.78 is 29.2. The molecule has 0 fully saturated rings. The van der Waals surface area contributed by atoms with E-state index in [0.29, 0.717) is 10.6 Å². The fourth-order valence-corrected chi connectivity index (χ4v) is 2.82. The second-order valence-corrected chi connectivity index (χ2v) is 6.24. The predicted molar refractivity (Wildman–Crippen MR) is 75.5 cm³/mol. The van der Waals surface area contributed by atoms with Crippen molar-refractivity contribution in [2.24, 2.45) is 0 Å². The van der Waals surface area contributed by atoms with Crippen LogP contribution in [-0.4, -0.2) is 8.42 Å². The van der Waals surface area contributed by atoms with Crippen LogP contribution in [0.2, 0.25) is 10.0 Å². The Balaban J connectivity index is 2.38. The van der Waals surface area contributed by atoms with Gasteiger partial charge in [0.2, 0.25) is 0 Å². The molecule has 0 atom stereocenters. The average molecular weight is 317 g/mol. The molecule has 0 spiro atoms. The van der Waals surface area contributed by atoms with Crippen LogP contribution in [0.5, 0.6) is 5.75 Å².